The maximum Gasteiger partial charge on any atom is 2.00 e. The van der Waals surface area contributed by atoms with Crippen molar-refractivity contribution in [2.24, 2.45) is 0 Å². The zero-order chi connectivity index (χ0) is 7.40. The van der Waals surface area contributed by atoms with Crippen molar-refractivity contribution in [2.75, 3.05) is 5.32 Å². The molecule has 1 amide bonds. The van der Waals surface area contributed by atoms with Gasteiger partial charge in [-0.15, -0.1) is 0 Å². The fraction of sp³-hybridized carbons (Fsp3) is 0. The number of anilines is 1. The molecule has 1 aromatic rings. The van der Waals surface area contributed by atoms with E-state index in [1.165, 1.54) is 6.41 Å². The van der Waals surface area contributed by atoms with Crippen molar-refractivity contribution in [3.63, 3.8) is 0 Å². The minimum atomic E-state index is 0. The molecule has 0 spiro atoms. The molecule has 54 valence electrons. The van der Waals surface area contributed by atoms with E-state index in [4.69, 9.17) is 11.6 Å². The summed E-state index contributed by atoms with van der Waals surface area (Å²) >= 11 is 5.55. The van der Waals surface area contributed by atoms with Crippen molar-refractivity contribution >= 4 is 23.7 Å². The summed E-state index contributed by atoms with van der Waals surface area (Å²) in [6.45, 7) is 0. The van der Waals surface area contributed by atoms with Gasteiger partial charge in [-0.05, 0) is 0 Å². The van der Waals surface area contributed by atoms with Gasteiger partial charge in [0.15, 0.2) is 0 Å². The van der Waals surface area contributed by atoms with Crippen LogP contribution < -0.4 is 5.32 Å². The van der Waals surface area contributed by atoms with Crippen LogP contribution in [-0.4, -0.2) is 6.41 Å². The molecular formula is C7H4ClNOU. The topological polar surface area (TPSA) is 29.1 Å². The van der Waals surface area contributed by atoms with Gasteiger partial charge >= 0.3 is 31.1 Å². The molecule has 2 nitrogen and oxygen atoms in total. The van der Waals surface area contributed by atoms with Crippen LogP contribution in [0.25, 0.3) is 0 Å². The summed E-state index contributed by atoms with van der Waals surface area (Å²) in [5.74, 6) is 0. The second-order valence-electron chi connectivity index (χ2n) is 1.65. The Morgan fingerprint density at radius 1 is 1.55 bits per heavy atom. The zero-order valence-corrected chi connectivity index (χ0v) is 10.4. The summed E-state index contributed by atoms with van der Waals surface area (Å²) in [6.07, 6.45) is 1.53. The number of hydrogen-bond donors (Lipinski definition) is 1. The third-order valence-electron chi connectivity index (χ3n) is 0.960. The first-order chi connectivity index (χ1) is 4.83. The summed E-state index contributed by atoms with van der Waals surface area (Å²) in [5.41, 5.74) is 0.569. The predicted octanol–water partition coefficient (Wildman–Crippen LogP) is 1.62. The second kappa shape index (κ2) is 5.65. The van der Waals surface area contributed by atoms with Gasteiger partial charge in [-0.25, -0.2) is 11.8 Å². The van der Waals surface area contributed by atoms with E-state index in [1.807, 2.05) is 0 Å². The van der Waals surface area contributed by atoms with Gasteiger partial charge in [0.2, 0.25) is 0 Å². The molecule has 0 unspecified atom stereocenters. The van der Waals surface area contributed by atoms with Crippen molar-refractivity contribution in [1.29, 1.82) is 0 Å². The Kier molecular flexibility index (Phi) is 5.67. The van der Waals surface area contributed by atoms with E-state index in [9.17, 15) is 4.79 Å². The monoisotopic (exact) mass is 391 g/mol. The van der Waals surface area contributed by atoms with Crippen LogP contribution in [0.15, 0.2) is 18.2 Å². The van der Waals surface area contributed by atoms with Crippen molar-refractivity contribution in [3.05, 3.63) is 29.3 Å². The molecule has 0 radical (unpaired) electrons. The van der Waals surface area contributed by atoms with Gasteiger partial charge < -0.3 is 10.1 Å². The Morgan fingerprint density at radius 2 is 2.27 bits per heavy atom. The summed E-state index contributed by atoms with van der Waals surface area (Å²) in [5, 5.41) is 2.91. The minimum absolute atomic E-state index is 0. The molecule has 0 heterocycles. The van der Waals surface area contributed by atoms with Gasteiger partial charge in [0.25, 0.3) is 0 Å². The maximum atomic E-state index is 9.77. The van der Waals surface area contributed by atoms with E-state index < -0.39 is 0 Å². The Morgan fingerprint density at radius 3 is 2.73 bits per heavy atom. The van der Waals surface area contributed by atoms with Gasteiger partial charge in [0, 0.05) is 0 Å². The average Bonchev–Trinajstić information content (AvgIpc) is 1.95. The molecular weight excluding hydrogens is 388 g/mol. The number of carbonyl (C=O) groups excluding carboxylic acids is 1. The van der Waals surface area contributed by atoms with Crippen LogP contribution in [0.1, 0.15) is 0 Å². The molecule has 0 fully saturated rings. The molecule has 0 saturated carbocycles. The first-order valence-electron chi connectivity index (χ1n) is 2.63. The number of amides is 1. The van der Waals surface area contributed by atoms with Crippen LogP contribution in [0.2, 0.25) is 5.02 Å². The Labute approximate surface area is 93.7 Å². The minimum Gasteiger partial charge on any atom is -0.511 e. The predicted molar refractivity (Wildman–Crippen MR) is 39.6 cm³/mol. The summed E-state index contributed by atoms with van der Waals surface area (Å²) in [7, 11) is 0. The number of halogens is 1. The normalized spacial score (nSPS) is 8.09. The zero-order valence-electron chi connectivity index (χ0n) is 5.52. The van der Waals surface area contributed by atoms with E-state index in [1.54, 1.807) is 18.2 Å². The maximum absolute atomic E-state index is 9.77. The first kappa shape index (κ1) is 11.0. The molecule has 0 saturated heterocycles. The largest absolute Gasteiger partial charge is 2.00 e. The Bertz CT molecular complexity index is 224. The standard InChI is InChI=1S/C7H4ClNO.U/c8-6-1-3-7(4-2-6)9-5-10;/h1-3H,(H,9,10);/q-2;+2. The van der Waals surface area contributed by atoms with E-state index in [-0.39, 0.29) is 31.1 Å². The molecule has 11 heavy (non-hydrogen) atoms. The Hall–Kier alpha value is 0.0319. The molecule has 0 bridgehead atoms. The molecule has 4 heteroatoms. The van der Waals surface area contributed by atoms with Crippen LogP contribution >= 0.6 is 11.6 Å². The van der Waals surface area contributed by atoms with Crippen molar-refractivity contribution in [1.82, 2.24) is 0 Å². The van der Waals surface area contributed by atoms with Crippen molar-refractivity contribution < 1.29 is 35.9 Å². The molecule has 0 aliphatic rings. The average molecular weight is 392 g/mol. The van der Waals surface area contributed by atoms with Crippen LogP contribution in [0, 0.1) is 37.2 Å². The fourth-order valence-corrected chi connectivity index (χ4v) is 0.656. The quantitative estimate of drug-likeness (QED) is 0.602. The fourth-order valence-electron chi connectivity index (χ4n) is 0.539. The molecule has 1 rings (SSSR count). The van der Waals surface area contributed by atoms with Crippen molar-refractivity contribution in [3.8, 4) is 0 Å². The van der Waals surface area contributed by atoms with E-state index in [0.29, 0.717) is 10.7 Å². The SMILES string of the molecule is O=[C-]Nc1[c-]cc(Cl)cc1.[U+2]. The van der Waals surface area contributed by atoms with E-state index in [0.717, 1.165) is 0 Å². The van der Waals surface area contributed by atoms with E-state index in [2.05, 4.69) is 11.4 Å². The van der Waals surface area contributed by atoms with Gasteiger partial charge in [-0.2, -0.15) is 23.7 Å². The second-order valence-corrected chi connectivity index (χ2v) is 2.08. The van der Waals surface area contributed by atoms with Crippen LogP contribution in [-0.2, 0) is 4.79 Å². The van der Waals surface area contributed by atoms with Gasteiger partial charge in [-0.3, -0.25) is 6.07 Å². The smallest absolute Gasteiger partial charge is 0.511 e. The molecule has 0 atom stereocenters. The molecule has 0 aliphatic heterocycles. The number of benzene rings is 1. The third-order valence-corrected chi connectivity index (χ3v) is 1.20. The third kappa shape index (κ3) is 3.81. The van der Waals surface area contributed by atoms with Gasteiger partial charge in [0.05, 0.1) is 6.41 Å². The van der Waals surface area contributed by atoms with Crippen molar-refractivity contribution in [2.45, 2.75) is 0 Å². The van der Waals surface area contributed by atoms with Crippen LogP contribution in [0.3, 0.4) is 0 Å². The summed E-state index contributed by atoms with van der Waals surface area (Å²) in [6, 6.07) is 7.61. The summed E-state index contributed by atoms with van der Waals surface area (Å²) < 4.78 is 0. The molecule has 1 N–H and O–H groups in total. The van der Waals surface area contributed by atoms with Gasteiger partial charge in [-0.1, -0.05) is 5.02 Å². The van der Waals surface area contributed by atoms with Gasteiger partial charge in [0.1, 0.15) is 0 Å². The first-order valence-corrected chi connectivity index (χ1v) is 3.01. The Balaban J connectivity index is 0.000001000. The van der Waals surface area contributed by atoms with Crippen LogP contribution in [0.5, 0.6) is 0 Å². The number of rotatable bonds is 2. The summed E-state index contributed by atoms with van der Waals surface area (Å²) in [4.78, 5) is 9.77. The van der Waals surface area contributed by atoms with E-state index >= 15 is 0 Å². The molecule has 1 aromatic carbocycles. The molecule has 0 aromatic heterocycles. The number of hydrogen-bond acceptors (Lipinski definition) is 1. The molecule has 0 aliphatic carbocycles. The number of nitrogens with one attached hydrogen (secondary N) is 1. The van der Waals surface area contributed by atoms with Crippen LogP contribution in [0.4, 0.5) is 5.69 Å².